The van der Waals surface area contributed by atoms with Crippen molar-refractivity contribution in [2.75, 3.05) is 0 Å². The fraction of sp³-hybridized carbons (Fsp3) is 0.250. The van der Waals surface area contributed by atoms with Crippen LogP contribution in [0.4, 0.5) is 0 Å². The average Bonchev–Trinajstić information content (AvgIpc) is 1.89. The first-order valence-electron chi connectivity index (χ1n) is 3.39. The van der Waals surface area contributed by atoms with Crippen LogP contribution >= 0.6 is 0 Å². The van der Waals surface area contributed by atoms with Gasteiger partial charge in [0.25, 0.3) is 0 Å². The Morgan fingerprint density at radius 3 is 2.44 bits per heavy atom. The topological polar surface area (TPSA) is 0 Å². The van der Waals surface area contributed by atoms with Gasteiger partial charge in [0.1, 0.15) is 0 Å². The van der Waals surface area contributed by atoms with Crippen molar-refractivity contribution in [3.8, 4) is 0 Å². The normalized spacial score (nSPS) is 9.67. The fourth-order valence-corrected chi connectivity index (χ4v) is 1.72. The van der Waals surface area contributed by atoms with E-state index < -0.39 is 0 Å². The van der Waals surface area contributed by atoms with Gasteiger partial charge in [-0.3, -0.25) is 0 Å². The second-order valence-corrected chi connectivity index (χ2v) is 3.36. The van der Waals surface area contributed by atoms with Crippen molar-refractivity contribution >= 4 is 30.7 Å². The fourth-order valence-electron chi connectivity index (χ4n) is 1.01. The molecule has 42 valence electrons. The van der Waals surface area contributed by atoms with Crippen molar-refractivity contribution in [2.45, 2.75) is 13.3 Å². The third-order valence-electron chi connectivity index (χ3n) is 1.64. The van der Waals surface area contributed by atoms with Crippen LogP contribution < -0.4 is 2.81 Å². The zero-order chi connectivity index (χ0) is 6.69. The van der Waals surface area contributed by atoms with E-state index in [9.17, 15) is 0 Å². The molecule has 0 aliphatic heterocycles. The van der Waals surface area contributed by atoms with Gasteiger partial charge < -0.3 is 0 Å². The molecule has 1 aromatic rings. The van der Waals surface area contributed by atoms with E-state index in [1.807, 2.05) is 0 Å². The monoisotopic (exact) mass is 128 g/mol. The number of hydrogen-bond donors (Lipinski definition) is 0. The first-order valence-corrected chi connectivity index (χ1v) is 4.39. The molecule has 0 heterocycles. The Balaban J connectivity index is 3.01. The second-order valence-electron chi connectivity index (χ2n) is 2.28. The zero-order valence-electron chi connectivity index (χ0n) is 6.02. The van der Waals surface area contributed by atoms with Crippen LogP contribution in [-0.4, -0.2) is 27.9 Å². The second kappa shape index (κ2) is 3.40. The molecule has 0 N–H and O–H groups in total. The van der Waals surface area contributed by atoms with Crippen molar-refractivity contribution in [3.63, 3.8) is 0 Å². The summed E-state index contributed by atoms with van der Waals surface area (Å²) in [5, 5.41) is 0. The van der Waals surface area contributed by atoms with Crippen LogP contribution in [0, 0.1) is 0 Å². The van der Waals surface area contributed by atoms with Crippen molar-refractivity contribution < 1.29 is 0 Å². The van der Waals surface area contributed by atoms with Gasteiger partial charge in [-0.15, -0.1) is 0 Å². The third kappa shape index (κ3) is 1.82. The van der Waals surface area contributed by atoms with E-state index in [4.69, 9.17) is 0 Å². The molecule has 0 atom stereocenters. The minimum absolute atomic E-state index is 1.18. The Kier molecular flexibility index (Phi) is 2.77. The molecule has 0 spiro atoms. The van der Waals surface area contributed by atoms with Gasteiger partial charge in [0, 0.05) is 0 Å². The summed E-state index contributed by atoms with van der Waals surface area (Å²) >= 11 is 1.19. The first kappa shape index (κ1) is 7.33. The summed E-state index contributed by atoms with van der Waals surface area (Å²) in [7, 11) is 0. The van der Waals surface area contributed by atoms with E-state index in [1.54, 1.807) is 2.81 Å². The molecule has 9 heavy (non-hydrogen) atoms. The SMILES string of the molecule is CCc1cccc[c]1[Na]. The molecule has 1 rings (SSSR count). The standard InChI is InChI=1S/C8H9.Na/c1-2-8-6-4-3-5-7-8;/h3-6H,2H2,1H3;. The Bertz CT molecular complexity index is 194. The van der Waals surface area contributed by atoms with Gasteiger partial charge in [0.2, 0.25) is 0 Å². The predicted molar refractivity (Wildman–Crippen MR) is 41.2 cm³/mol. The van der Waals surface area contributed by atoms with Gasteiger partial charge in [-0.2, -0.15) is 0 Å². The van der Waals surface area contributed by atoms with Crippen LogP contribution in [0.5, 0.6) is 0 Å². The minimum atomic E-state index is 1.18. The molecule has 0 radical (unpaired) electrons. The molecule has 1 aromatic carbocycles. The molecule has 0 aliphatic rings. The van der Waals surface area contributed by atoms with Crippen molar-refractivity contribution in [2.24, 2.45) is 0 Å². The van der Waals surface area contributed by atoms with Gasteiger partial charge >= 0.3 is 73.9 Å². The first-order chi connectivity index (χ1) is 4.34. The van der Waals surface area contributed by atoms with Gasteiger partial charge in [-0.05, 0) is 0 Å². The number of hydrogen-bond acceptors (Lipinski definition) is 0. The van der Waals surface area contributed by atoms with E-state index in [-0.39, 0.29) is 0 Å². The average molecular weight is 128 g/mol. The molecule has 0 saturated carbocycles. The molecule has 0 nitrogen and oxygen atoms in total. The molecule has 0 fully saturated rings. The Morgan fingerprint density at radius 2 is 2.00 bits per heavy atom. The molecule has 1 heteroatoms. The number of aryl methyl sites for hydroxylation is 1. The van der Waals surface area contributed by atoms with E-state index in [1.165, 1.54) is 39.9 Å². The molecule has 0 bridgehead atoms. The van der Waals surface area contributed by atoms with E-state index in [0.717, 1.165) is 0 Å². The summed E-state index contributed by atoms with van der Waals surface area (Å²) in [6, 6.07) is 8.65. The van der Waals surface area contributed by atoms with Gasteiger partial charge in [-0.1, -0.05) is 0 Å². The number of benzene rings is 1. The van der Waals surface area contributed by atoms with E-state index in [0.29, 0.717) is 0 Å². The third-order valence-corrected chi connectivity index (χ3v) is 2.62. The summed E-state index contributed by atoms with van der Waals surface area (Å²) in [5.41, 5.74) is 1.52. The van der Waals surface area contributed by atoms with Crippen LogP contribution in [-0.2, 0) is 6.42 Å². The molecular weight excluding hydrogens is 119 g/mol. The van der Waals surface area contributed by atoms with Crippen molar-refractivity contribution in [1.29, 1.82) is 0 Å². The molecule has 0 amide bonds. The quantitative estimate of drug-likeness (QED) is 0.496. The summed E-state index contributed by atoms with van der Waals surface area (Å²) in [4.78, 5) is 0. The summed E-state index contributed by atoms with van der Waals surface area (Å²) in [6.45, 7) is 2.21. The van der Waals surface area contributed by atoms with Crippen LogP contribution in [0.3, 0.4) is 0 Å². The van der Waals surface area contributed by atoms with E-state index >= 15 is 0 Å². The Morgan fingerprint density at radius 1 is 1.33 bits per heavy atom. The number of rotatable bonds is 1. The van der Waals surface area contributed by atoms with Crippen LogP contribution in [0.2, 0.25) is 0 Å². The molecule has 0 unspecified atom stereocenters. The zero-order valence-corrected chi connectivity index (χ0v) is 8.02. The van der Waals surface area contributed by atoms with Gasteiger partial charge in [-0.25, -0.2) is 0 Å². The molecular formula is C8H9Na. The van der Waals surface area contributed by atoms with Crippen LogP contribution in [0.25, 0.3) is 0 Å². The molecule has 0 aliphatic carbocycles. The molecule has 0 saturated heterocycles. The molecule has 0 aromatic heterocycles. The maximum absolute atomic E-state index is 2.21. The maximum atomic E-state index is 2.21. The Hall–Kier alpha value is 0.220. The predicted octanol–water partition coefficient (Wildman–Crippen LogP) is 1.04. The van der Waals surface area contributed by atoms with Crippen molar-refractivity contribution in [3.05, 3.63) is 29.8 Å². The summed E-state index contributed by atoms with van der Waals surface area (Å²) in [5.74, 6) is 0. The summed E-state index contributed by atoms with van der Waals surface area (Å²) < 4.78 is 1.54. The van der Waals surface area contributed by atoms with Crippen LogP contribution in [0.15, 0.2) is 24.3 Å². The van der Waals surface area contributed by atoms with Crippen molar-refractivity contribution in [1.82, 2.24) is 0 Å². The van der Waals surface area contributed by atoms with E-state index in [2.05, 4.69) is 31.2 Å². The summed E-state index contributed by atoms with van der Waals surface area (Å²) in [6.07, 6.45) is 1.18. The van der Waals surface area contributed by atoms with Gasteiger partial charge in [0.05, 0.1) is 0 Å². The Labute approximate surface area is 73.7 Å². The van der Waals surface area contributed by atoms with Crippen LogP contribution in [0.1, 0.15) is 12.5 Å². The van der Waals surface area contributed by atoms with Gasteiger partial charge in [0.15, 0.2) is 0 Å².